The molecule has 1 atom stereocenters. The standard InChI is InChI=1S/C16H22N2O2S/c1-12-10-15(21-14(12)6-5-9-19)16(20)17-13(2)11-18-7-3-4-8-18/h10,13,19H,3-4,7-9,11H2,1-2H3,(H,17,20). The SMILES string of the molecule is Cc1cc(C(=O)NC(C)CN2CCCC2)sc1C#CCO. The van der Waals surface area contributed by atoms with Crippen LogP contribution in [0.5, 0.6) is 0 Å². The van der Waals surface area contributed by atoms with Crippen molar-refractivity contribution < 1.29 is 9.90 Å². The molecule has 0 aromatic carbocycles. The highest BCUT2D eigenvalue weighted by Crippen LogP contribution is 2.21. The number of hydrogen-bond donors (Lipinski definition) is 2. The molecule has 2 heterocycles. The highest BCUT2D eigenvalue weighted by atomic mass is 32.1. The zero-order valence-corrected chi connectivity index (χ0v) is 13.4. The van der Waals surface area contributed by atoms with E-state index >= 15 is 0 Å². The first-order valence-corrected chi connectivity index (χ1v) is 8.15. The van der Waals surface area contributed by atoms with E-state index < -0.39 is 0 Å². The summed E-state index contributed by atoms with van der Waals surface area (Å²) < 4.78 is 0. The van der Waals surface area contributed by atoms with Crippen molar-refractivity contribution in [3.63, 3.8) is 0 Å². The second kappa shape index (κ2) is 7.60. The van der Waals surface area contributed by atoms with E-state index in [1.54, 1.807) is 0 Å². The van der Waals surface area contributed by atoms with E-state index in [9.17, 15) is 4.79 Å². The van der Waals surface area contributed by atoms with Crippen molar-refractivity contribution in [1.29, 1.82) is 0 Å². The molecule has 1 aliphatic heterocycles. The molecular formula is C16H22N2O2S. The first kappa shape index (κ1) is 16.0. The van der Waals surface area contributed by atoms with E-state index in [-0.39, 0.29) is 18.6 Å². The molecule has 5 heteroatoms. The fourth-order valence-corrected chi connectivity index (χ4v) is 3.48. The average molecular weight is 306 g/mol. The summed E-state index contributed by atoms with van der Waals surface area (Å²) in [5.41, 5.74) is 0.985. The van der Waals surface area contributed by atoms with Gasteiger partial charge in [0.2, 0.25) is 0 Å². The molecule has 4 nitrogen and oxygen atoms in total. The molecule has 1 aromatic heterocycles. The topological polar surface area (TPSA) is 52.6 Å². The van der Waals surface area contributed by atoms with Gasteiger partial charge in [-0.15, -0.1) is 11.3 Å². The summed E-state index contributed by atoms with van der Waals surface area (Å²) in [4.78, 5) is 16.2. The van der Waals surface area contributed by atoms with E-state index in [1.165, 1.54) is 24.2 Å². The number of carbonyl (C=O) groups is 1. The Labute approximate surface area is 130 Å². The maximum Gasteiger partial charge on any atom is 0.261 e. The lowest BCUT2D eigenvalue weighted by molar-refractivity contribution is 0.0936. The Morgan fingerprint density at radius 3 is 2.90 bits per heavy atom. The van der Waals surface area contributed by atoms with Gasteiger partial charge in [-0.2, -0.15) is 0 Å². The summed E-state index contributed by atoms with van der Waals surface area (Å²) >= 11 is 1.38. The van der Waals surface area contributed by atoms with Gasteiger partial charge in [0.1, 0.15) is 6.61 Å². The number of aryl methyl sites for hydroxylation is 1. The molecule has 0 saturated carbocycles. The summed E-state index contributed by atoms with van der Waals surface area (Å²) in [6, 6.07) is 2.01. The summed E-state index contributed by atoms with van der Waals surface area (Å²) in [5.74, 6) is 5.47. The van der Waals surface area contributed by atoms with Crippen molar-refractivity contribution in [2.24, 2.45) is 0 Å². The molecule has 1 aromatic rings. The van der Waals surface area contributed by atoms with Crippen molar-refractivity contribution in [1.82, 2.24) is 10.2 Å². The second-order valence-electron chi connectivity index (χ2n) is 5.46. The highest BCUT2D eigenvalue weighted by Gasteiger charge is 2.18. The third kappa shape index (κ3) is 4.57. The molecule has 0 bridgehead atoms. The molecular weight excluding hydrogens is 284 g/mol. The van der Waals surface area contributed by atoms with Crippen molar-refractivity contribution in [2.75, 3.05) is 26.2 Å². The molecule has 2 N–H and O–H groups in total. The lowest BCUT2D eigenvalue weighted by Gasteiger charge is -2.20. The summed E-state index contributed by atoms with van der Waals surface area (Å²) in [6.07, 6.45) is 2.52. The molecule has 1 unspecified atom stereocenters. The van der Waals surface area contributed by atoms with Gasteiger partial charge in [-0.25, -0.2) is 0 Å². The van der Waals surface area contributed by atoms with Gasteiger partial charge in [-0.05, 0) is 51.4 Å². The van der Waals surface area contributed by atoms with Crippen LogP contribution in [-0.2, 0) is 0 Å². The Kier molecular flexibility index (Phi) is 5.80. The van der Waals surface area contributed by atoms with Crippen LogP contribution in [0, 0.1) is 18.8 Å². The number of amides is 1. The Bertz CT molecular complexity index is 550. The zero-order chi connectivity index (χ0) is 15.2. The van der Waals surface area contributed by atoms with Crippen LogP contribution >= 0.6 is 11.3 Å². The monoisotopic (exact) mass is 306 g/mol. The Balaban J connectivity index is 1.93. The molecule has 1 amide bonds. The largest absolute Gasteiger partial charge is 0.384 e. The minimum Gasteiger partial charge on any atom is -0.384 e. The Morgan fingerprint density at radius 1 is 1.52 bits per heavy atom. The number of nitrogens with one attached hydrogen (secondary N) is 1. The highest BCUT2D eigenvalue weighted by molar-refractivity contribution is 7.14. The molecule has 1 aliphatic rings. The van der Waals surface area contributed by atoms with E-state index in [0.717, 1.165) is 30.1 Å². The number of aliphatic hydroxyl groups is 1. The number of hydrogen-bond acceptors (Lipinski definition) is 4. The Morgan fingerprint density at radius 2 is 2.24 bits per heavy atom. The van der Waals surface area contributed by atoms with Gasteiger partial charge in [0.15, 0.2) is 0 Å². The number of nitrogens with zero attached hydrogens (tertiary/aromatic N) is 1. The summed E-state index contributed by atoms with van der Waals surface area (Å²) in [7, 11) is 0. The number of carbonyl (C=O) groups excluding carboxylic acids is 1. The van der Waals surface area contributed by atoms with Crippen LogP contribution in [0.15, 0.2) is 6.07 Å². The number of thiophene rings is 1. The fourth-order valence-electron chi connectivity index (χ4n) is 2.53. The third-order valence-electron chi connectivity index (χ3n) is 3.53. The van der Waals surface area contributed by atoms with Crippen LogP contribution in [0.2, 0.25) is 0 Å². The molecule has 114 valence electrons. The van der Waals surface area contributed by atoms with Crippen LogP contribution < -0.4 is 5.32 Å². The predicted molar refractivity (Wildman–Crippen MR) is 85.6 cm³/mol. The smallest absolute Gasteiger partial charge is 0.261 e. The van der Waals surface area contributed by atoms with Crippen LogP contribution in [0.4, 0.5) is 0 Å². The maximum absolute atomic E-state index is 12.3. The average Bonchev–Trinajstić information content (AvgIpc) is 3.06. The Hall–Kier alpha value is -1.35. The lowest BCUT2D eigenvalue weighted by atomic mass is 10.2. The molecule has 0 aliphatic carbocycles. The van der Waals surface area contributed by atoms with Gasteiger partial charge in [0.05, 0.1) is 9.75 Å². The van der Waals surface area contributed by atoms with Crippen molar-refractivity contribution >= 4 is 17.2 Å². The van der Waals surface area contributed by atoms with Crippen molar-refractivity contribution in [3.05, 3.63) is 21.4 Å². The molecule has 21 heavy (non-hydrogen) atoms. The predicted octanol–water partition coefficient (Wildman–Crippen LogP) is 1.61. The van der Waals surface area contributed by atoms with Crippen molar-refractivity contribution in [3.8, 4) is 11.8 Å². The molecule has 1 saturated heterocycles. The van der Waals surface area contributed by atoms with Gasteiger partial charge in [0.25, 0.3) is 5.91 Å². The maximum atomic E-state index is 12.3. The van der Waals surface area contributed by atoms with E-state index in [0.29, 0.717) is 4.88 Å². The van der Waals surface area contributed by atoms with E-state index in [1.807, 2.05) is 19.9 Å². The second-order valence-corrected chi connectivity index (χ2v) is 6.52. The van der Waals surface area contributed by atoms with Crippen LogP contribution in [-0.4, -0.2) is 48.2 Å². The summed E-state index contributed by atoms with van der Waals surface area (Å²) in [5, 5.41) is 11.8. The third-order valence-corrected chi connectivity index (χ3v) is 4.68. The van der Waals surface area contributed by atoms with Gasteiger partial charge in [0, 0.05) is 12.6 Å². The first-order valence-electron chi connectivity index (χ1n) is 7.33. The number of aliphatic hydroxyl groups excluding tert-OH is 1. The van der Waals surface area contributed by atoms with Crippen LogP contribution in [0.3, 0.4) is 0 Å². The van der Waals surface area contributed by atoms with Crippen molar-refractivity contribution in [2.45, 2.75) is 32.7 Å². The van der Waals surface area contributed by atoms with Gasteiger partial charge in [-0.1, -0.05) is 11.8 Å². The fraction of sp³-hybridized carbons (Fsp3) is 0.562. The number of likely N-dealkylation sites (tertiary alicyclic amines) is 1. The minimum absolute atomic E-state index is 0.0353. The molecule has 1 fully saturated rings. The lowest BCUT2D eigenvalue weighted by Crippen LogP contribution is -2.40. The molecule has 0 spiro atoms. The first-order chi connectivity index (χ1) is 10.1. The van der Waals surface area contributed by atoms with Gasteiger partial charge < -0.3 is 15.3 Å². The van der Waals surface area contributed by atoms with Crippen LogP contribution in [0.1, 0.15) is 39.9 Å². The summed E-state index contributed by atoms with van der Waals surface area (Å²) in [6.45, 7) is 7.00. The van der Waals surface area contributed by atoms with Gasteiger partial charge in [-0.3, -0.25) is 4.79 Å². The zero-order valence-electron chi connectivity index (χ0n) is 12.6. The molecule has 2 rings (SSSR count). The van der Waals surface area contributed by atoms with E-state index in [4.69, 9.17) is 5.11 Å². The number of rotatable bonds is 4. The quantitative estimate of drug-likeness (QED) is 0.831. The van der Waals surface area contributed by atoms with Gasteiger partial charge >= 0.3 is 0 Å². The normalized spacial score (nSPS) is 16.3. The minimum atomic E-state index is -0.161. The van der Waals surface area contributed by atoms with E-state index in [2.05, 4.69) is 22.1 Å². The molecule has 0 radical (unpaired) electrons. The van der Waals surface area contributed by atoms with Crippen LogP contribution in [0.25, 0.3) is 0 Å².